The Morgan fingerprint density at radius 3 is 2.63 bits per heavy atom. The van der Waals surface area contributed by atoms with Gasteiger partial charge >= 0.3 is 0 Å². The molecule has 2 rings (SSSR count). The highest BCUT2D eigenvalue weighted by atomic mass is 16.5. The second kappa shape index (κ2) is 5.71. The third-order valence-corrected chi connectivity index (χ3v) is 5.01. The molecule has 3 nitrogen and oxygen atoms in total. The molecular formula is C16H32N2O. The lowest BCUT2D eigenvalue weighted by molar-refractivity contribution is 0.0143. The Kier molecular flexibility index (Phi) is 4.59. The molecule has 2 heterocycles. The van der Waals surface area contributed by atoms with Crippen molar-refractivity contribution in [3.8, 4) is 0 Å². The lowest BCUT2D eigenvalue weighted by Crippen LogP contribution is -2.66. The van der Waals surface area contributed by atoms with Crippen LogP contribution in [0.1, 0.15) is 47.5 Å². The van der Waals surface area contributed by atoms with Gasteiger partial charge in [0.1, 0.15) is 0 Å². The van der Waals surface area contributed by atoms with E-state index in [4.69, 9.17) is 4.74 Å². The fourth-order valence-corrected chi connectivity index (χ4v) is 3.43. The SMILES string of the molecule is CCC1(C)CN(CC2CCOC2)C(C(C)(C)C)CN1. The van der Waals surface area contributed by atoms with Crippen LogP contribution in [0.15, 0.2) is 0 Å². The van der Waals surface area contributed by atoms with Crippen LogP contribution in [0.25, 0.3) is 0 Å². The summed E-state index contributed by atoms with van der Waals surface area (Å²) in [4.78, 5) is 2.74. The van der Waals surface area contributed by atoms with E-state index in [0.29, 0.717) is 11.5 Å². The molecule has 0 saturated carbocycles. The molecule has 3 heteroatoms. The molecule has 0 radical (unpaired) electrons. The van der Waals surface area contributed by atoms with Gasteiger partial charge in [-0.25, -0.2) is 0 Å². The number of rotatable bonds is 3. The largest absolute Gasteiger partial charge is 0.381 e. The van der Waals surface area contributed by atoms with E-state index in [1.807, 2.05) is 0 Å². The van der Waals surface area contributed by atoms with Crippen molar-refractivity contribution < 1.29 is 4.74 Å². The van der Waals surface area contributed by atoms with Crippen LogP contribution < -0.4 is 5.32 Å². The zero-order chi connectivity index (χ0) is 14.1. The highest BCUT2D eigenvalue weighted by Gasteiger charge is 2.40. The van der Waals surface area contributed by atoms with Gasteiger partial charge in [0, 0.05) is 37.8 Å². The molecule has 2 fully saturated rings. The second-order valence-corrected chi connectivity index (χ2v) is 7.84. The molecular weight excluding hydrogens is 236 g/mol. The molecule has 2 aliphatic heterocycles. The van der Waals surface area contributed by atoms with Crippen molar-refractivity contribution in [2.75, 3.05) is 32.8 Å². The number of nitrogens with zero attached hydrogens (tertiary/aromatic N) is 1. The van der Waals surface area contributed by atoms with Crippen molar-refractivity contribution in [3.63, 3.8) is 0 Å². The average Bonchev–Trinajstić information content (AvgIpc) is 2.80. The monoisotopic (exact) mass is 268 g/mol. The molecule has 112 valence electrons. The van der Waals surface area contributed by atoms with E-state index >= 15 is 0 Å². The number of hydrogen-bond acceptors (Lipinski definition) is 3. The molecule has 19 heavy (non-hydrogen) atoms. The first-order chi connectivity index (χ1) is 8.84. The first kappa shape index (κ1) is 15.3. The summed E-state index contributed by atoms with van der Waals surface area (Å²) in [5, 5.41) is 3.78. The maximum absolute atomic E-state index is 5.56. The molecule has 2 saturated heterocycles. The van der Waals surface area contributed by atoms with Crippen molar-refractivity contribution in [2.45, 2.75) is 59.0 Å². The summed E-state index contributed by atoms with van der Waals surface area (Å²) in [5.74, 6) is 0.740. The topological polar surface area (TPSA) is 24.5 Å². The lowest BCUT2D eigenvalue weighted by Gasteiger charge is -2.51. The summed E-state index contributed by atoms with van der Waals surface area (Å²) >= 11 is 0. The molecule has 0 amide bonds. The van der Waals surface area contributed by atoms with E-state index in [-0.39, 0.29) is 5.54 Å². The molecule has 1 N–H and O–H groups in total. The molecule has 0 spiro atoms. The van der Waals surface area contributed by atoms with Gasteiger partial charge in [0.25, 0.3) is 0 Å². The molecule has 0 aromatic rings. The van der Waals surface area contributed by atoms with Crippen LogP contribution >= 0.6 is 0 Å². The Hall–Kier alpha value is -0.120. The summed E-state index contributed by atoms with van der Waals surface area (Å²) in [6.07, 6.45) is 2.44. The molecule has 0 bridgehead atoms. The number of hydrogen-bond donors (Lipinski definition) is 1. The second-order valence-electron chi connectivity index (χ2n) is 7.84. The Labute approximate surface area is 119 Å². The van der Waals surface area contributed by atoms with Gasteiger partial charge in [-0.15, -0.1) is 0 Å². The number of piperazine rings is 1. The van der Waals surface area contributed by atoms with Gasteiger partial charge in [-0.1, -0.05) is 27.7 Å². The highest BCUT2D eigenvalue weighted by molar-refractivity contribution is 4.98. The van der Waals surface area contributed by atoms with Crippen molar-refractivity contribution in [1.29, 1.82) is 0 Å². The molecule has 0 aromatic carbocycles. The van der Waals surface area contributed by atoms with E-state index < -0.39 is 0 Å². The fourth-order valence-electron chi connectivity index (χ4n) is 3.43. The molecule has 3 atom stereocenters. The van der Waals surface area contributed by atoms with Crippen LogP contribution in [0.4, 0.5) is 0 Å². The highest BCUT2D eigenvalue weighted by Crippen LogP contribution is 2.31. The lowest BCUT2D eigenvalue weighted by atomic mass is 9.81. The summed E-state index contributed by atoms with van der Waals surface area (Å²) in [5.41, 5.74) is 0.614. The van der Waals surface area contributed by atoms with E-state index in [1.165, 1.54) is 25.9 Å². The van der Waals surface area contributed by atoms with Gasteiger partial charge in [0.2, 0.25) is 0 Å². The predicted octanol–water partition coefficient (Wildman–Crippen LogP) is 2.51. The van der Waals surface area contributed by atoms with E-state index in [1.54, 1.807) is 0 Å². The van der Waals surface area contributed by atoms with Crippen molar-refractivity contribution in [1.82, 2.24) is 10.2 Å². The summed E-state index contributed by atoms with van der Waals surface area (Å²) in [6.45, 7) is 17.2. The van der Waals surface area contributed by atoms with Crippen LogP contribution in [0.5, 0.6) is 0 Å². The van der Waals surface area contributed by atoms with Crippen LogP contribution in [0.2, 0.25) is 0 Å². The van der Waals surface area contributed by atoms with Gasteiger partial charge in [-0.05, 0) is 31.1 Å². The minimum atomic E-state index is 0.279. The summed E-state index contributed by atoms with van der Waals surface area (Å²) < 4.78 is 5.56. The molecule has 0 aliphatic carbocycles. The molecule has 0 aromatic heterocycles. The minimum Gasteiger partial charge on any atom is -0.381 e. The van der Waals surface area contributed by atoms with Crippen LogP contribution in [0, 0.1) is 11.3 Å². The van der Waals surface area contributed by atoms with Gasteiger partial charge in [0.05, 0.1) is 6.61 Å². The standard InChI is InChI=1S/C16H32N2O/c1-6-16(5)12-18(10-13-7-8-19-11-13)14(9-17-16)15(2,3)4/h13-14,17H,6-12H2,1-5H3. The van der Waals surface area contributed by atoms with Gasteiger partial charge in [-0.3, -0.25) is 4.90 Å². The zero-order valence-electron chi connectivity index (χ0n) is 13.5. The van der Waals surface area contributed by atoms with Gasteiger partial charge in [0.15, 0.2) is 0 Å². The van der Waals surface area contributed by atoms with Gasteiger partial charge < -0.3 is 10.1 Å². The Morgan fingerprint density at radius 2 is 2.11 bits per heavy atom. The normalized spacial score (nSPS) is 37.7. The quantitative estimate of drug-likeness (QED) is 0.851. The van der Waals surface area contributed by atoms with Gasteiger partial charge in [-0.2, -0.15) is 0 Å². The number of ether oxygens (including phenoxy) is 1. The smallest absolute Gasteiger partial charge is 0.0507 e. The predicted molar refractivity (Wildman–Crippen MR) is 80.4 cm³/mol. The maximum Gasteiger partial charge on any atom is 0.0507 e. The number of nitrogens with one attached hydrogen (secondary N) is 1. The van der Waals surface area contributed by atoms with E-state index in [2.05, 4.69) is 44.8 Å². The first-order valence-electron chi connectivity index (χ1n) is 7.91. The zero-order valence-corrected chi connectivity index (χ0v) is 13.5. The summed E-state index contributed by atoms with van der Waals surface area (Å²) in [6, 6.07) is 0.632. The fraction of sp³-hybridized carbons (Fsp3) is 1.00. The summed E-state index contributed by atoms with van der Waals surface area (Å²) in [7, 11) is 0. The van der Waals surface area contributed by atoms with Crippen LogP contribution in [0.3, 0.4) is 0 Å². The minimum absolute atomic E-state index is 0.279. The van der Waals surface area contributed by atoms with Crippen molar-refractivity contribution in [2.24, 2.45) is 11.3 Å². The van der Waals surface area contributed by atoms with Crippen molar-refractivity contribution >= 4 is 0 Å². The van der Waals surface area contributed by atoms with Crippen LogP contribution in [-0.2, 0) is 4.74 Å². The van der Waals surface area contributed by atoms with E-state index in [0.717, 1.165) is 25.7 Å². The Balaban J connectivity index is 2.06. The third-order valence-electron chi connectivity index (χ3n) is 5.01. The molecule has 2 aliphatic rings. The van der Waals surface area contributed by atoms with E-state index in [9.17, 15) is 0 Å². The van der Waals surface area contributed by atoms with Crippen molar-refractivity contribution in [3.05, 3.63) is 0 Å². The maximum atomic E-state index is 5.56. The Bertz CT molecular complexity index is 294. The Morgan fingerprint density at radius 1 is 1.37 bits per heavy atom. The average molecular weight is 268 g/mol. The third kappa shape index (κ3) is 3.71. The van der Waals surface area contributed by atoms with Crippen LogP contribution in [-0.4, -0.2) is 49.3 Å². The first-order valence-corrected chi connectivity index (χ1v) is 7.91. The molecule has 3 unspecified atom stereocenters.